The van der Waals surface area contributed by atoms with Crippen molar-refractivity contribution in [3.63, 3.8) is 0 Å². The molecule has 0 spiro atoms. The molecule has 2 nitrogen and oxygen atoms in total. The normalized spacial score (nSPS) is 12.9. The number of ether oxygens (including phenoxy) is 1. The van der Waals surface area contributed by atoms with Crippen molar-refractivity contribution < 1.29 is 9.13 Å². The van der Waals surface area contributed by atoms with Gasteiger partial charge in [0.05, 0.1) is 11.6 Å². The first-order valence-corrected chi connectivity index (χ1v) is 7.14. The average molecular weight is 288 g/mol. The quantitative estimate of drug-likeness (QED) is 0.724. The highest BCUT2D eigenvalue weighted by Gasteiger charge is 2.07. The van der Waals surface area contributed by atoms with Crippen LogP contribution >= 0.6 is 11.6 Å². The van der Waals surface area contributed by atoms with Gasteiger partial charge in [0.25, 0.3) is 0 Å². The van der Waals surface area contributed by atoms with E-state index in [0.29, 0.717) is 12.5 Å². The van der Waals surface area contributed by atoms with E-state index in [1.54, 1.807) is 6.07 Å². The van der Waals surface area contributed by atoms with Gasteiger partial charge in [-0.15, -0.1) is 0 Å². The van der Waals surface area contributed by atoms with E-state index in [1.165, 1.54) is 6.07 Å². The van der Waals surface area contributed by atoms with Crippen LogP contribution < -0.4 is 5.32 Å². The molecule has 0 bridgehead atoms. The zero-order valence-corrected chi connectivity index (χ0v) is 12.6. The predicted octanol–water partition coefficient (Wildman–Crippen LogP) is 4.19. The van der Waals surface area contributed by atoms with Gasteiger partial charge in [-0.3, -0.25) is 0 Å². The second-order valence-corrected chi connectivity index (χ2v) is 5.55. The maximum Gasteiger partial charge on any atom is 0.142 e. The minimum atomic E-state index is -0.374. The Hall–Kier alpha value is -0.640. The smallest absolute Gasteiger partial charge is 0.142 e. The zero-order valence-electron chi connectivity index (χ0n) is 11.9. The Morgan fingerprint density at radius 2 is 2.00 bits per heavy atom. The second kappa shape index (κ2) is 8.51. The van der Waals surface area contributed by atoms with Gasteiger partial charge in [-0.2, -0.15) is 0 Å². The molecule has 0 amide bonds. The topological polar surface area (TPSA) is 21.3 Å². The van der Waals surface area contributed by atoms with Gasteiger partial charge in [-0.25, -0.2) is 4.39 Å². The van der Waals surface area contributed by atoms with Crippen molar-refractivity contribution in [2.45, 2.75) is 33.2 Å². The van der Waals surface area contributed by atoms with Gasteiger partial charge in [0.15, 0.2) is 0 Å². The van der Waals surface area contributed by atoms with Crippen molar-refractivity contribution in [2.75, 3.05) is 19.8 Å². The Labute approximate surface area is 120 Å². The molecule has 108 valence electrons. The van der Waals surface area contributed by atoms with Crippen LogP contribution in [0.15, 0.2) is 18.2 Å². The number of benzene rings is 1. The highest BCUT2D eigenvalue weighted by Crippen LogP contribution is 2.19. The molecule has 19 heavy (non-hydrogen) atoms. The third-order valence-electron chi connectivity index (χ3n) is 2.98. The van der Waals surface area contributed by atoms with E-state index in [4.69, 9.17) is 16.3 Å². The van der Waals surface area contributed by atoms with Crippen LogP contribution in [0.4, 0.5) is 4.39 Å². The summed E-state index contributed by atoms with van der Waals surface area (Å²) in [6.45, 7) is 8.58. The molecule has 0 aromatic heterocycles. The lowest BCUT2D eigenvalue weighted by Gasteiger charge is -2.15. The summed E-state index contributed by atoms with van der Waals surface area (Å²) in [5.74, 6) is 0.296. The largest absolute Gasteiger partial charge is 0.380 e. The Bertz CT molecular complexity index is 384. The lowest BCUT2D eigenvalue weighted by Crippen LogP contribution is -2.23. The van der Waals surface area contributed by atoms with Crippen molar-refractivity contribution in [2.24, 2.45) is 5.92 Å². The number of hydrogen-bond acceptors (Lipinski definition) is 2. The average Bonchev–Trinajstić information content (AvgIpc) is 2.36. The molecule has 1 aromatic rings. The van der Waals surface area contributed by atoms with Gasteiger partial charge in [0, 0.05) is 19.2 Å². The monoisotopic (exact) mass is 287 g/mol. The summed E-state index contributed by atoms with van der Waals surface area (Å²) >= 11 is 5.66. The van der Waals surface area contributed by atoms with Gasteiger partial charge in [-0.1, -0.05) is 31.5 Å². The molecule has 0 radical (unpaired) electrons. The zero-order chi connectivity index (χ0) is 14.3. The number of hydrogen-bond donors (Lipinski definition) is 1. The van der Waals surface area contributed by atoms with Gasteiger partial charge in [-0.05, 0) is 37.0 Å². The molecule has 0 heterocycles. The Morgan fingerprint density at radius 1 is 1.26 bits per heavy atom. The van der Waals surface area contributed by atoms with Crippen molar-refractivity contribution >= 4 is 11.6 Å². The van der Waals surface area contributed by atoms with Crippen molar-refractivity contribution in [1.29, 1.82) is 0 Å². The van der Waals surface area contributed by atoms with Crippen LogP contribution in [-0.4, -0.2) is 19.8 Å². The molecule has 1 atom stereocenters. The Balaban J connectivity index is 2.23. The molecule has 0 aliphatic heterocycles. The van der Waals surface area contributed by atoms with Crippen LogP contribution in [-0.2, 0) is 4.74 Å². The van der Waals surface area contributed by atoms with E-state index in [-0.39, 0.29) is 16.9 Å². The van der Waals surface area contributed by atoms with Gasteiger partial charge < -0.3 is 10.1 Å². The summed E-state index contributed by atoms with van der Waals surface area (Å²) in [5, 5.41) is 3.46. The van der Waals surface area contributed by atoms with Crippen molar-refractivity contribution in [1.82, 2.24) is 5.32 Å². The first-order valence-electron chi connectivity index (χ1n) is 6.76. The van der Waals surface area contributed by atoms with E-state index in [1.807, 2.05) is 13.0 Å². The lowest BCUT2D eigenvalue weighted by molar-refractivity contribution is 0.123. The molecule has 0 saturated heterocycles. The number of nitrogens with one attached hydrogen (secondary N) is 1. The van der Waals surface area contributed by atoms with Crippen molar-refractivity contribution in [3.05, 3.63) is 34.6 Å². The molecule has 0 fully saturated rings. The highest BCUT2D eigenvalue weighted by molar-refractivity contribution is 6.30. The Kier molecular flexibility index (Phi) is 7.36. The van der Waals surface area contributed by atoms with E-state index in [2.05, 4.69) is 19.2 Å². The van der Waals surface area contributed by atoms with Crippen LogP contribution in [0.1, 0.15) is 38.8 Å². The molecule has 0 saturated carbocycles. The summed E-state index contributed by atoms with van der Waals surface area (Å²) in [6.07, 6.45) is 1.08. The fourth-order valence-corrected chi connectivity index (χ4v) is 1.79. The first kappa shape index (κ1) is 16.4. The van der Waals surface area contributed by atoms with E-state index in [0.717, 1.165) is 25.1 Å². The third-order valence-corrected chi connectivity index (χ3v) is 3.29. The summed E-state index contributed by atoms with van der Waals surface area (Å²) in [4.78, 5) is 0. The highest BCUT2D eigenvalue weighted by atomic mass is 35.5. The molecule has 1 unspecified atom stereocenters. The molecular formula is C15H23ClFNO. The van der Waals surface area contributed by atoms with Gasteiger partial charge in [0.1, 0.15) is 5.82 Å². The van der Waals surface area contributed by atoms with E-state index >= 15 is 0 Å². The Morgan fingerprint density at radius 3 is 2.63 bits per heavy atom. The maximum atomic E-state index is 13.3. The van der Waals surface area contributed by atoms with Gasteiger partial charge >= 0.3 is 0 Å². The van der Waals surface area contributed by atoms with Crippen LogP contribution in [0.25, 0.3) is 0 Å². The predicted molar refractivity (Wildman–Crippen MR) is 78.1 cm³/mol. The lowest BCUT2D eigenvalue weighted by atomic mass is 10.1. The van der Waals surface area contributed by atoms with Crippen LogP contribution in [0.3, 0.4) is 0 Å². The summed E-state index contributed by atoms with van der Waals surface area (Å²) in [5.41, 5.74) is 0.893. The van der Waals surface area contributed by atoms with Gasteiger partial charge in [0.2, 0.25) is 0 Å². The van der Waals surface area contributed by atoms with Crippen LogP contribution in [0.2, 0.25) is 5.02 Å². The summed E-state index contributed by atoms with van der Waals surface area (Å²) < 4.78 is 18.8. The molecular weight excluding hydrogens is 265 g/mol. The molecule has 0 aliphatic rings. The number of rotatable bonds is 8. The van der Waals surface area contributed by atoms with Crippen LogP contribution in [0, 0.1) is 11.7 Å². The summed E-state index contributed by atoms with van der Waals surface area (Å²) in [6, 6.07) is 4.98. The standard InChI is InChI=1S/C15H23ClFNO/c1-11(2)6-8-19-9-7-18-12(3)13-4-5-14(16)15(17)10-13/h4-5,10-12,18H,6-9H2,1-3H3. The minimum Gasteiger partial charge on any atom is -0.380 e. The first-order chi connectivity index (χ1) is 9.00. The summed E-state index contributed by atoms with van der Waals surface area (Å²) in [7, 11) is 0. The molecule has 0 aliphatic carbocycles. The fraction of sp³-hybridized carbons (Fsp3) is 0.600. The SMILES string of the molecule is CC(C)CCOCCNC(C)c1ccc(Cl)c(F)c1. The number of halogens is 2. The van der Waals surface area contributed by atoms with E-state index < -0.39 is 0 Å². The second-order valence-electron chi connectivity index (χ2n) is 5.14. The van der Waals surface area contributed by atoms with Crippen LogP contribution in [0.5, 0.6) is 0 Å². The minimum absolute atomic E-state index is 0.0838. The van der Waals surface area contributed by atoms with E-state index in [9.17, 15) is 4.39 Å². The molecule has 1 rings (SSSR count). The molecule has 4 heteroatoms. The fourth-order valence-electron chi connectivity index (χ4n) is 1.67. The third kappa shape index (κ3) is 6.37. The molecule has 1 N–H and O–H groups in total. The molecule has 1 aromatic carbocycles. The maximum absolute atomic E-state index is 13.3. The van der Waals surface area contributed by atoms with Crippen molar-refractivity contribution in [3.8, 4) is 0 Å².